The molecule has 36 heavy (non-hydrogen) atoms. The van der Waals surface area contributed by atoms with E-state index in [1.54, 1.807) is 72.8 Å². The molecule has 182 valence electrons. The second kappa shape index (κ2) is 9.83. The predicted octanol–water partition coefficient (Wildman–Crippen LogP) is 3.27. The zero-order valence-electron chi connectivity index (χ0n) is 19.2. The van der Waals surface area contributed by atoms with Crippen LogP contribution in [0.3, 0.4) is 0 Å². The first kappa shape index (κ1) is 23.6. The highest BCUT2D eigenvalue weighted by atomic mass is 35.5. The van der Waals surface area contributed by atoms with Gasteiger partial charge in [0.25, 0.3) is 5.56 Å². The molecule has 2 N–H and O–H groups in total. The van der Waals surface area contributed by atoms with Crippen LogP contribution in [0, 0.1) is 0 Å². The molecule has 3 aromatic carbocycles. The number of amides is 2. The zero-order chi connectivity index (χ0) is 25.2. The average Bonchev–Trinajstić information content (AvgIpc) is 3.68. The fourth-order valence-corrected chi connectivity index (χ4v) is 4.23. The quantitative estimate of drug-likeness (QED) is 0.405. The number of rotatable bonds is 7. The van der Waals surface area contributed by atoms with Gasteiger partial charge in [-0.1, -0.05) is 48.0 Å². The minimum atomic E-state index is -0.646. The second-order valence-electron chi connectivity index (χ2n) is 8.74. The highest BCUT2D eigenvalue weighted by Crippen LogP contribution is 2.21. The van der Waals surface area contributed by atoms with E-state index in [-0.39, 0.29) is 24.9 Å². The maximum atomic E-state index is 13.5. The van der Waals surface area contributed by atoms with Gasteiger partial charge in [-0.25, -0.2) is 9.36 Å². The molecule has 1 heterocycles. The molecule has 1 aliphatic carbocycles. The lowest BCUT2D eigenvalue weighted by Gasteiger charge is -2.15. The van der Waals surface area contributed by atoms with Gasteiger partial charge in [-0.3, -0.25) is 19.0 Å². The Morgan fingerprint density at radius 1 is 0.889 bits per heavy atom. The first-order valence-electron chi connectivity index (χ1n) is 11.6. The summed E-state index contributed by atoms with van der Waals surface area (Å²) in [5, 5.41) is 6.33. The smallest absolute Gasteiger partial charge is 0.336 e. The van der Waals surface area contributed by atoms with Gasteiger partial charge in [0.15, 0.2) is 0 Å². The van der Waals surface area contributed by atoms with Crippen LogP contribution in [-0.2, 0) is 22.6 Å². The normalized spacial score (nSPS) is 12.9. The molecule has 8 nitrogen and oxygen atoms in total. The lowest BCUT2D eigenvalue weighted by molar-refractivity contribution is -0.120. The van der Waals surface area contributed by atoms with Crippen LogP contribution in [-0.4, -0.2) is 27.0 Å². The number of benzene rings is 3. The number of carbonyl (C=O) groups excluding carboxylic acids is 2. The van der Waals surface area contributed by atoms with Crippen molar-refractivity contribution >= 4 is 40.0 Å². The number of fused-ring (bicyclic) bond motifs is 1. The van der Waals surface area contributed by atoms with Crippen LogP contribution in [0.1, 0.15) is 18.4 Å². The summed E-state index contributed by atoms with van der Waals surface area (Å²) in [6.45, 7) is -0.315. The average molecular weight is 503 g/mol. The fourth-order valence-electron chi connectivity index (χ4n) is 4.05. The van der Waals surface area contributed by atoms with Crippen molar-refractivity contribution in [3.63, 3.8) is 0 Å². The van der Waals surface area contributed by atoms with E-state index in [0.717, 1.165) is 23.0 Å². The van der Waals surface area contributed by atoms with Crippen LogP contribution in [0.15, 0.2) is 82.4 Å². The summed E-state index contributed by atoms with van der Waals surface area (Å²) >= 11 is 6.14. The summed E-state index contributed by atoms with van der Waals surface area (Å²) in [6, 6.07) is 20.4. The maximum absolute atomic E-state index is 13.5. The van der Waals surface area contributed by atoms with E-state index >= 15 is 0 Å². The number of aromatic nitrogens is 2. The Morgan fingerprint density at radius 3 is 2.31 bits per heavy atom. The summed E-state index contributed by atoms with van der Waals surface area (Å²) in [5.41, 5.74) is 0.764. The number of para-hydroxylation sites is 2. The van der Waals surface area contributed by atoms with Crippen molar-refractivity contribution in [3.05, 3.63) is 104 Å². The molecule has 5 rings (SSSR count). The molecule has 0 aliphatic heterocycles. The van der Waals surface area contributed by atoms with E-state index in [9.17, 15) is 19.2 Å². The summed E-state index contributed by atoms with van der Waals surface area (Å²) < 4.78 is 2.30. The molecule has 0 radical (unpaired) electrons. The first-order valence-corrected chi connectivity index (χ1v) is 12.0. The Balaban J connectivity index is 1.49. The molecular weight excluding hydrogens is 480 g/mol. The van der Waals surface area contributed by atoms with Crippen LogP contribution >= 0.6 is 11.6 Å². The van der Waals surface area contributed by atoms with Gasteiger partial charge in [0.2, 0.25) is 11.8 Å². The lowest BCUT2D eigenvalue weighted by Crippen LogP contribution is -2.40. The van der Waals surface area contributed by atoms with Crippen LogP contribution in [0.25, 0.3) is 16.6 Å². The molecule has 0 spiro atoms. The standard InChI is InChI=1S/C27H23ClN4O4/c28-21-6-2-3-7-22(21)30-25(34)16-31-23-8-4-1-5-20(23)26(35)32(27(31)36)19-13-9-17(10-14-19)15-24(33)29-18-11-12-18/h1-10,13-14,18H,11-12,15-16H2,(H,29,33)(H,30,34). The van der Waals surface area contributed by atoms with Crippen molar-refractivity contribution in [3.8, 4) is 5.69 Å². The molecule has 1 fully saturated rings. The van der Waals surface area contributed by atoms with Gasteiger partial charge < -0.3 is 10.6 Å². The van der Waals surface area contributed by atoms with Gasteiger partial charge in [-0.05, 0) is 54.8 Å². The Hall–Kier alpha value is -4.17. The lowest BCUT2D eigenvalue weighted by atomic mass is 10.1. The Morgan fingerprint density at radius 2 is 1.58 bits per heavy atom. The van der Waals surface area contributed by atoms with E-state index < -0.39 is 17.2 Å². The summed E-state index contributed by atoms with van der Waals surface area (Å²) in [6.07, 6.45) is 2.24. The van der Waals surface area contributed by atoms with E-state index in [2.05, 4.69) is 10.6 Å². The molecule has 9 heteroatoms. The molecule has 0 bridgehead atoms. The van der Waals surface area contributed by atoms with Crippen LogP contribution < -0.4 is 21.9 Å². The molecule has 1 aromatic heterocycles. The van der Waals surface area contributed by atoms with Crippen molar-refractivity contribution in [1.29, 1.82) is 0 Å². The molecule has 2 amide bonds. The van der Waals surface area contributed by atoms with Gasteiger partial charge in [0.1, 0.15) is 6.54 Å². The van der Waals surface area contributed by atoms with Gasteiger partial charge in [0, 0.05) is 6.04 Å². The van der Waals surface area contributed by atoms with Crippen molar-refractivity contribution in [2.45, 2.75) is 31.8 Å². The number of anilines is 1. The third-order valence-electron chi connectivity index (χ3n) is 6.00. The number of carbonyl (C=O) groups is 2. The highest BCUT2D eigenvalue weighted by molar-refractivity contribution is 6.33. The van der Waals surface area contributed by atoms with Gasteiger partial charge in [-0.15, -0.1) is 0 Å². The third-order valence-corrected chi connectivity index (χ3v) is 6.33. The molecule has 1 saturated carbocycles. The largest absolute Gasteiger partial charge is 0.353 e. The van der Waals surface area contributed by atoms with E-state index in [0.29, 0.717) is 27.3 Å². The number of hydrogen-bond donors (Lipinski definition) is 2. The Kier molecular flexibility index (Phi) is 6.43. The van der Waals surface area contributed by atoms with Crippen LogP contribution in [0.2, 0.25) is 5.02 Å². The predicted molar refractivity (Wildman–Crippen MR) is 139 cm³/mol. The number of nitrogens with one attached hydrogen (secondary N) is 2. The Labute approximate surface area is 211 Å². The number of nitrogens with zero attached hydrogens (tertiary/aromatic N) is 2. The van der Waals surface area contributed by atoms with Crippen molar-refractivity contribution in [1.82, 2.24) is 14.5 Å². The van der Waals surface area contributed by atoms with Gasteiger partial charge in [-0.2, -0.15) is 0 Å². The zero-order valence-corrected chi connectivity index (χ0v) is 20.0. The van der Waals surface area contributed by atoms with Crippen molar-refractivity contribution < 1.29 is 9.59 Å². The summed E-state index contributed by atoms with van der Waals surface area (Å²) in [5.74, 6) is -0.516. The second-order valence-corrected chi connectivity index (χ2v) is 9.15. The molecule has 0 saturated heterocycles. The van der Waals surface area contributed by atoms with E-state index in [1.807, 2.05) is 0 Å². The molecular formula is C27H23ClN4O4. The number of hydrogen-bond acceptors (Lipinski definition) is 4. The van der Waals surface area contributed by atoms with Gasteiger partial charge in [0.05, 0.1) is 33.7 Å². The van der Waals surface area contributed by atoms with Crippen LogP contribution in [0.4, 0.5) is 5.69 Å². The minimum absolute atomic E-state index is 0.0555. The van der Waals surface area contributed by atoms with Crippen molar-refractivity contribution in [2.75, 3.05) is 5.32 Å². The SMILES string of the molecule is O=C(Cn1c(=O)n(-c2ccc(CC(=O)NC3CC3)cc2)c(=O)c2ccccc21)Nc1ccccc1Cl. The number of halogens is 1. The van der Waals surface area contributed by atoms with Crippen molar-refractivity contribution in [2.24, 2.45) is 0 Å². The van der Waals surface area contributed by atoms with Crippen LogP contribution in [0.5, 0.6) is 0 Å². The first-order chi connectivity index (χ1) is 17.4. The van der Waals surface area contributed by atoms with Gasteiger partial charge >= 0.3 is 5.69 Å². The molecule has 4 aromatic rings. The topological polar surface area (TPSA) is 102 Å². The molecule has 0 unspecified atom stereocenters. The molecule has 0 atom stereocenters. The fraction of sp³-hybridized carbons (Fsp3) is 0.185. The highest BCUT2D eigenvalue weighted by Gasteiger charge is 2.23. The van der Waals surface area contributed by atoms with E-state index in [4.69, 9.17) is 11.6 Å². The molecule has 1 aliphatic rings. The minimum Gasteiger partial charge on any atom is -0.353 e. The van der Waals surface area contributed by atoms with E-state index in [1.165, 1.54) is 4.57 Å². The summed E-state index contributed by atoms with van der Waals surface area (Å²) in [4.78, 5) is 51.7. The Bertz CT molecular complexity index is 1590. The third kappa shape index (κ3) is 4.94. The monoisotopic (exact) mass is 502 g/mol. The maximum Gasteiger partial charge on any atom is 0.336 e. The summed E-state index contributed by atoms with van der Waals surface area (Å²) in [7, 11) is 0.